The lowest BCUT2D eigenvalue weighted by Crippen LogP contribution is -2.36. The molecule has 5 nitrogen and oxygen atoms in total. The van der Waals surface area contributed by atoms with Crippen molar-refractivity contribution in [3.63, 3.8) is 0 Å². The van der Waals surface area contributed by atoms with Gasteiger partial charge in [-0.3, -0.25) is 14.3 Å². The molecule has 0 bridgehead atoms. The summed E-state index contributed by atoms with van der Waals surface area (Å²) in [6.45, 7) is 6.24. The molecule has 0 radical (unpaired) electrons. The fraction of sp³-hybridized carbons (Fsp3) is 0.273. The van der Waals surface area contributed by atoms with Crippen LogP contribution in [0.5, 0.6) is 0 Å². The van der Waals surface area contributed by atoms with E-state index in [9.17, 15) is 9.59 Å². The number of hydrogen-bond acceptors (Lipinski definition) is 3. The number of hydrogen-bond donors (Lipinski definition) is 1. The van der Waals surface area contributed by atoms with Crippen molar-refractivity contribution >= 4 is 0 Å². The van der Waals surface area contributed by atoms with E-state index in [1.165, 1.54) is 4.57 Å². The van der Waals surface area contributed by atoms with Gasteiger partial charge in [0, 0.05) is 17.2 Å². The predicted octanol–water partition coefficient (Wildman–Crippen LogP) is 3.48. The second kappa shape index (κ2) is 8.18. The van der Waals surface area contributed by atoms with Gasteiger partial charge in [0.1, 0.15) is 6.73 Å². The zero-order chi connectivity index (χ0) is 19.4. The van der Waals surface area contributed by atoms with Crippen molar-refractivity contribution in [2.75, 3.05) is 0 Å². The summed E-state index contributed by atoms with van der Waals surface area (Å²) < 4.78 is 7.29. The molecule has 1 N–H and O–H groups in total. The van der Waals surface area contributed by atoms with E-state index in [-0.39, 0.29) is 18.2 Å². The van der Waals surface area contributed by atoms with Crippen molar-refractivity contribution in [1.29, 1.82) is 0 Å². The zero-order valence-electron chi connectivity index (χ0n) is 15.9. The Kier molecular flexibility index (Phi) is 5.72. The first-order valence-electron chi connectivity index (χ1n) is 8.99. The first-order valence-corrected chi connectivity index (χ1v) is 8.99. The third-order valence-electron chi connectivity index (χ3n) is 4.77. The Bertz CT molecular complexity index is 1040. The lowest BCUT2D eigenvalue weighted by Gasteiger charge is -2.21. The van der Waals surface area contributed by atoms with E-state index in [0.29, 0.717) is 17.9 Å². The number of aromatic amines is 1. The molecule has 27 heavy (non-hydrogen) atoms. The molecule has 1 heterocycles. The first-order chi connectivity index (χ1) is 13.0. The molecule has 140 valence electrons. The van der Waals surface area contributed by atoms with Gasteiger partial charge < -0.3 is 4.74 Å². The molecule has 0 fully saturated rings. The van der Waals surface area contributed by atoms with E-state index in [1.54, 1.807) is 6.92 Å². The highest BCUT2D eigenvalue weighted by atomic mass is 16.5. The summed E-state index contributed by atoms with van der Waals surface area (Å²) in [7, 11) is 0. The minimum atomic E-state index is -0.451. The molecule has 0 aliphatic carbocycles. The average molecular weight is 364 g/mol. The molecular formula is C22H24N2O3. The van der Waals surface area contributed by atoms with Crippen LogP contribution in [0.3, 0.4) is 0 Å². The normalized spacial score (nSPS) is 12.1. The summed E-state index contributed by atoms with van der Waals surface area (Å²) in [6, 6.07) is 17.9. The predicted molar refractivity (Wildman–Crippen MR) is 106 cm³/mol. The van der Waals surface area contributed by atoms with Gasteiger partial charge in [0.2, 0.25) is 0 Å². The van der Waals surface area contributed by atoms with Gasteiger partial charge in [0.05, 0.1) is 6.61 Å². The van der Waals surface area contributed by atoms with E-state index < -0.39 is 5.69 Å². The molecule has 2 aromatic carbocycles. The van der Waals surface area contributed by atoms with Crippen LogP contribution < -0.4 is 11.2 Å². The summed E-state index contributed by atoms with van der Waals surface area (Å²) in [4.78, 5) is 27.1. The van der Waals surface area contributed by atoms with Gasteiger partial charge in [-0.1, -0.05) is 67.1 Å². The maximum Gasteiger partial charge on any atom is 0.330 e. The molecule has 5 heteroatoms. The highest BCUT2D eigenvalue weighted by Gasteiger charge is 2.19. The van der Waals surface area contributed by atoms with Gasteiger partial charge >= 0.3 is 5.69 Å². The topological polar surface area (TPSA) is 64.1 Å². The molecule has 0 aliphatic rings. The fourth-order valence-electron chi connectivity index (χ4n) is 3.30. The van der Waals surface area contributed by atoms with Crippen LogP contribution in [0.15, 0.2) is 64.2 Å². The number of H-pyrrole nitrogens is 1. The summed E-state index contributed by atoms with van der Waals surface area (Å²) in [6.07, 6.45) is 0. The van der Waals surface area contributed by atoms with Gasteiger partial charge in [-0.15, -0.1) is 0 Å². The Morgan fingerprint density at radius 3 is 2.48 bits per heavy atom. The quantitative estimate of drug-likeness (QED) is 0.728. The van der Waals surface area contributed by atoms with Crippen LogP contribution in [0.25, 0.3) is 0 Å². The van der Waals surface area contributed by atoms with Crippen molar-refractivity contribution < 1.29 is 4.74 Å². The Labute approximate surface area is 158 Å². The maximum atomic E-state index is 12.5. The van der Waals surface area contributed by atoms with Crippen LogP contribution in [0.1, 0.15) is 40.8 Å². The lowest BCUT2D eigenvalue weighted by atomic mass is 9.93. The minimum Gasteiger partial charge on any atom is -0.356 e. The van der Waals surface area contributed by atoms with E-state index >= 15 is 0 Å². The number of aryl methyl sites for hydroxylation is 1. The van der Waals surface area contributed by atoms with Gasteiger partial charge in [0.15, 0.2) is 0 Å². The van der Waals surface area contributed by atoms with E-state index in [4.69, 9.17) is 4.74 Å². The van der Waals surface area contributed by atoms with Crippen molar-refractivity contribution in [2.24, 2.45) is 0 Å². The molecule has 0 saturated carbocycles. The SMILES string of the molecule is Cc1cccc(C(C)c2c(C)c(=O)[nH]c(=O)n2COCc2ccccc2)c1. The Morgan fingerprint density at radius 2 is 1.78 bits per heavy atom. The number of benzene rings is 2. The Balaban J connectivity index is 1.94. The van der Waals surface area contributed by atoms with Crippen LogP contribution in [-0.4, -0.2) is 9.55 Å². The molecule has 0 aliphatic heterocycles. The number of ether oxygens (including phenoxy) is 1. The molecule has 0 amide bonds. The molecular weight excluding hydrogens is 340 g/mol. The van der Waals surface area contributed by atoms with Gasteiger partial charge in [-0.2, -0.15) is 0 Å². The second-order valence-electron chi connectivity index (χ2n) is 6.80. The Hall–Kier alpha value is -2.92. The fourth-order valence-corrected chi connectivity index (χ4v) is 3.30. The van der Waals surface area contributed by atoms with Crippen molar-refractivity contribution in [3.8, 4) is 0 Å². The third-order valence-corrected chi connectivity index (χ3v) is 4.77. The number of aromatic nitrogens is 2. The minimum absolute atomic E-state index is 0.0802. The van der Waals surface area contributed by atoms with Crippen molar-refractivity contribution in [1.82, 2.24) is 9.55 Å². The third kappa shape index (κ3) is 4.26. The molecule has 0 saturated heterocycles. The van der Waals surface area contributed by atoms with Crippen LogP contribution in [0.4, 0.5) is 0 Å². The lowest BCUT2D eigenvalue weighted by molar-refractivity contribution is 0.0584. The van der Waals surface area contributed by atoms with Gasteiger partial charge in [-0.25, -0.2) is 4.79 Å². The second-order valence-corrected chi connectivity index (χ2v) is 6.80. The van der Waals surface area contributed by atoms with Crippen molar-refractivity contribution in [3.05, 3.63) is 103 Å². The summed E-state index contributed by atoms with van der Waals surface area (Å²) >= 11 is 0. The van der Waals surface area contributed by atoms with Crippen LogP contribution in [0.2, 0.25) is 0 Å². The van der Waals surface area contributed by atoms with Crippen LogP contribution >= 0.6 is 0 Å². The highest BCUT2D eigenvalue weighted by Crippen LogP contribution is 2.25. The van der Waals surface area contributed by atoms with Crippen molar-refractivity contribution in [2.45, 2.75) is 40.0 Å². The van der Waals surface area contributed by atoms with E-state index in [0.717, 1.165) is 16.7 Å². The monoisotopic (exact) mass is 364 g/mol. The molecule has 3 aromatic rings. The summed E-state index contributed by atoms with van der Waals surface area (Å²) in [5.41, 5.74) is 3.63. The average Bonchev–Trinajstić information content (AvgIpc) is 2.66. The largest absolute Gasteiger partial charge is 0.356 e. The molecule has 1 unspecified atom stereocenters. The Morgan fingerprint density at radius 1 is 1.04 bits per heavy atom. The maximum absolute atomic E-state index is 12.5. The summed E-state index contributed by atoms with van der Waals surface area (Å²) in [5.74, 6) is -0.111. The van der Waals surface area contributed by atoms with Crippen LogP contribution in [0, 0.1) is 13.8 Å². The van der Waals surface area contributed by atoms with Crippen LogP contribution in [-0.2, 0) is 18.1 Å². The molecule has 0 spiro atoms. The van der Waals surface area contributed by atoms with Gasteiger partial charge in [-0.05, 0) is 25.0 Å². The smallest absolute Gasteiger partial charge is 0.330 e. The molecule has 1 atom stereocenters. The first kappa shape index (κ1) is 18.9. The van der Waals surface area contributed by atoms with E-state index in [1.807, 2.05) is 62.4 Å². The zero-order valence-corrected chi connectivity index (χ0v) is 15.9. The molecule has 1 aromatic heterocycles. The van der Waals surface area contributed by atoms with E-state index in [2.05, 4.69) is 11.1 Å². The summed E-state index contributed by atoms with van der Waals surface area (Å²) in [5, 5.41) is 0. The highest BCUT2D eigenvalue weighted by molar-refractivity contribution is 5.34. The molecule has 3 rings (SSSR count). The number of nitrogens with zero attached hydrogens (tertiary/aromatic N) is 1. The number of rotatable bonds is 6. The standard InChI is InChI=1S/C22H24N2O3/c1-15-8-7-11-19(12-15)16(2)20-17(3)21(25)23-22(26)24(20)14-27-13-18-9-5-4-6-10-18/h4-12,16H,13-14H2,1-3H3,(H,23,25,26). The number of nitrogens with one attached hydrogen (secondary N) is 1. The van der Waals surface area contributed by atoms with Gasteiger partial charge in [0.25, 0.3) is 5.56 Å².